The highest BCUT2D eigenvalue weighted by Crippen LogP contribution is 2.27. The molecule has 3 heterocycles. The molecule has 24 heavy (non-hydrogen) atoms. The van der Waals surface area contributed by atoms with Gasteiger partial charge in [-0.2, -0.15) is 5.10 Å². The number of pyridine rings is 1. The molecule has 7 nitrogen and oxygen atoms in total. The van der Waals surface area contributed by atoms with E-state index in [1.165, 1.54) is 0 Å². The standard InChI is InChI=1S/C17H21N7/c1-11(2)21-16-14(10-20-24(16)4)15-7-8-18-17(23-15)22-13-6-5-12(3)19-9-13/h5-11,21H,1-4H3,(H,18,22,23). The molecule has 0 aromatic carbocycles. The van der Waals surface area contributed by atoms with Crippen LogP contribution in [0.5, 0.6) is 0 Å². The Labute approximate surface area is 141 Å². The molecule has 7 heteroatoms. The monoisotopic (exact) mass is 323 g/mol. The summed E-state index contributed by atoms with van der Waals surface area (Å²) < 4.78 is 1.81. The van der Waals surface area contributed by atoms with Gasteiger partial charge in [0.2, 0.25) is 5.95 Å². The van der Waals surface area contributed by atoms with Gasteiger partial charge in [0.05, 0.1) is 29.3 Å². The van der Waals surface area contributed by atoms with Crippen LogP contribution in [0.1, 0.15) is 19.5 Å². The number of hydrogen-bond acceptors (Lipinski definition) is 6. The maximum atomic E-state index is 4.60. The van der Waals surface area contributed by atoms with Gasteiger partial charge < -0.3 is 10.6 Å². The molecule has 3 aromatic rings. The third-order valence-electron chi connectivity index (χ3n) is 3.46. The van der Waals surface area contributed by atoms with E-state index in [1.807, 2.05) is 43.0 Å². The Bertz CT molecular complexity index is 821. The van der Waals surface area contributed by atoms with Crippen LogP contribution in [0.25, 0.3) is 11.3 Å². The Morgan fingerprint density at radius 1 is 1.08 bits per heavy atom. The van der Waals surface area contributed by atoms with Crippen molar-refractivity contribution in [3.05, 3.63) is 42.5 Å². The lowest BCUT2D eigenvalue weighted by atomic mass is 10.2. The average molecular weight is 323 g/mol. The Morgan fingerprint density at radius 3 is 2.62 bits per heavy atom. The van der Waals surface area contributed by atoms with E-state index in [0.717, 1.165) is 28.5 Å². The molecule has 0 fully saturated rings. The minimum Gasteiger partial charge on any atom is -0.368 e. The normalized spacial score (nSPS) is 10.9. The van der Waals surface area contributed by atoms with Gasteiger partial charge in [0.1, 0.15) is 5.82 Å². The van der Waals surface area contributed by atoms with Crippen molar-refractivity contribution in [2.75, 3.05) is 10.6 Å². The van der Waals surface area contributed by atoms with Gasteiger partial charge in [0.15, 0.2) is 0 Å². The molecule has 0 aliphatic heterocycles. The molecule has 0 spiro atoms. The van der Waals surface area contributed by atoms with Crippen LogP contribution in [0.15, 0.2) is 36.8 Å². The number of hydrogen-bond donors (Lipinski definition) is 2. The maximum Gasteiger partial charge on any atom is 0.227 e. The maximum absolute atomic E-state index is 4.60. The zero-order valence-electron chi connectivity index (χ0n) is 14.3. The van der Waals surface area contributed by atoms with Crippen LogP contribution in [0, 0.1) is 6.92 Å². The van der Waals surface area contributed by atoms with Crippen molar-refractivity contribution in [3.63, 3.8) is 0 Å². The van der Waals surface area contributed by atoms with E-state index in [4.69, 9.17) is 0 Å². The van der Waals surface area contributed by atoms with Gasteiger partial charge in [0.25, 0.3) is 0 Å². The fourth-order valence-electron chi connectivity index (χ4n) is 2.31. The zero-order chi connectivity index (χ0) is 17.1. The summed E-state index contributed by atoms with van der Waals surface area (Å²) in [6, 6.07) is 6.07. The van der Waals surface area contributed by atoms with Crippen LogP contribution >= 0.6 is 0 Å². The highest BCUT2D eigenvalue weighted by molar-refractivity contribution is 5.73. The van der Waals surface area contributed by atoms with Gasteiger partial charge in [-0.3, -0.25) is 9.67 Å². The molecule has 0 bridgehead atoms. The van der Waals surface area contributed by atoms with E-state index in [-0.39, 0.29) is 0 Å². The molecule has 0 aliphatic carbocycles. The third-order valence-corrected chi connectivity index (χ3v) is 3.46. The molecular formula is C17H21N7. The van der Waals surface area contributed by atoms with Crippen molar-refractivity contribution in [1.29, 1.82) is 0 Å². The van der Waals surface area contributed by atoms with Gasteiger partial charge in [-0.05, 0) is 39.0 Å². The number of aryl methyl sites for hydroxylation is 2. The van der Waals surface area contributed by atoms with Crippen molar-refractivity contribution in [2.24, 2.45) is 7.05 Å². The lowest BCUT2D eigenvalue weighted by Crippen LogP contribution is -2.13. The van der Waals surface area contributed by atoms with E-state index < -0.39 is 0 Å². The van der Waals surface area contributed by atoms with E-state index >= 15 is 0 Å². The fraction of sp³-hybridized carbons (Fsp3) is 0.294. The molecule has 124 valence electrons. The number of anilines is 3. The van der Waals surface area contributed by atoms with E-state index in [1.54, 1.807) is 12.4 Å². The highest BCUT2D eigenvalue weighted by atomic mass is 15.3. The largest absolute Gasteiger partial charge is 0.368 e. The lowest BCUT2D eigenvalue weighted by molar-refractivity contribution is 0.754. The summed E-state index contributed by atoms with van der Waals surface area (Å²) in [4.78, 5) is 13.1. The SMILES string of the molecule is Cc1ccc(Nc2nccc(-c3cnn(C)c3NC(C)C)n2)cn1. The minimum atomic E-state index is 0.303. The average Bonchev–Trinajstić information content (AvgIpc) is 2.90. The van der Waals surface area contributed by atoms with Crippen molar-refractivity contribution in [2.45, 2.75) is 26.8 Å². The topological polar surface area (TPSA) is 80.5 Å². The smallest absolute Gasteiger partial charge is 0.227 e. The van der Waals surface area contributed by atoms with E-state index in [0.29, 0.717) is 12.0 Å². The molecular weight excluding hydrogens is 302 g/mol. The number of nitrogens with one attached hydrogen (secondary N) is 2. The Balaban J connectivity index is 1.89. The van der Waals surface area contributed by atoms with Crippen molar-refractivity contribution in [1.82, 2.24) is 24.7 Å². The summed E-state index contributed by atoms with van der Waals surface area (Å²) in [5, 5.41) is 10.9. The lowest BCUT2D eigenvalue weighted by Gasteiger charge is -2.12. The second-order valence-corrected chi connectivity index (χ2v) is 5.91. The highest BCUT2D eigenvalue weighted by Gasteiger charge is 2.13. The zero-order valence-corrected chi connectivity index (χ0v) is 14.3. The number of rotatable bonds is 5. The first kappa shape index (κ1) is 15.9. The number of aromatic nitrogens is 5. The summed E-state index contributed by atoms with van der Waals surface area (Å²) in [7, 11) is 1.91. The van der Waals surface area contributed by atoms with Crippen LogP contribution in [-0.2, 0) is 7.05 Å². The predicted octanol–water partition coefficient (Wildman–Crippen LogP) is 3.14. The molecule has 0 radical (unpaired) electrons. The quantitative estimate of drug-likeness (QED) is 0.751. The second-order valence-electron chi connectivity index (χ2n) is 5.91. The molecule has 0 saturated carbocycles. The van der Waals surface area contributed by atoms with Gasteiger partial charge in [0, 0.05) is 25.0 Å². The summed E-state index contributed by atoms with van der Waals surface area (Å²) in [6.07, 6.45) is 5.31. The Kier molecular flexibility index (Phi) is 4.41. The fourth-order valence-corrected chi connectivity index (χ4v) is 2.31. The Hall–Kier alpha value is -2.96. The summed E-state index contributed by atoms with van der Waals surface area (Å²) in [5.74, 6) is 1.46. The van der Waals surface area contributed by atoms with Crippen LogP contribution in [0.4, 0.5) is 17.5 Å². The summed E-state index contributed by atoms with van der Waals surface area (Å²) in [6.45, 7) is 6.13. The predicted molar refractivity (Wildman–Crippen MR) is 95.2 cm³/mol. The molecule has 0 atom stereocenters. The minimum absolute atomic E-state index is 0.303. The van der Waals surface area contributed by atoms with E-state index in [9.17, 15) is 0 Å². The van der Waals surface area contributed by atoms with Crippen molar-refractivity contribution < 1.29 is 0 Å². The molecule has 0 amide bonds. The first-order valence-corrected chi connectivity index (χ1v) is 7.84. The third kappa shape index (κ3) is 3.51. The molecule has 0 unspecified atom stereocenters. The second kappa shape index (κ2) is 6.66. The Morgan fingerprint density at radius 2 is 1.92 bits per heavy atom. The van der Waals surface area contributed by atoms with Gasteiger partial charge in [-0.1, -0.05) is 0 Å². The molecule has 3 rings (SSSR count). The number of nitrogens with zero attached hydrogens (tertiary/aromatic N) is 5. The molecule has 0 aliphatic rings. The van der Waals surface area contributed by atoms with Crippen molar-refractivity contribution in [3.8, 4) is 11.3 Å². The van der Waals surface area contributed by atoms with Gasteiger partial charge in [-0.15, -0.1) is 0 Å². The van der Waals surface area contributed by atoms with Gasteiger partial charge in [-0.25, -0.2) is 9.97 Å². The molecule has 0 saturated heterocycles. The van der Waals surface area contributed by atoms with Crippen LogP contribution in [-0.4, -0.2) is 30.8 Å². The summed E-state index contributed by atoms with van der Waals surface area (Å²) >= 11 is 0. The van der Waals surface area contributed by atoms with Crippen molar-refractivity contribution >= 4 is 17.5 Å². The molecule has 3 aromatic heterocycles. The van der Waals surface area contributed by atoms with Crippen LogP contribution in [0.2, 0.25) is 0 Å². The first-order valence-electron chi connectivity index (χ1n) is 7.84. The van der Waals surface area contributed by atoms with Crippen LogP contribution < -0.4 is 10.6 Å². The van der Waals surface area contributed by atoms with Gasteiger partial charge >= 0.3 is 0 Å². The molecule has 2 N–H and O–H groups in total. The summed E-state index contributed by atoms with van der Waals surface area (Å²) in [5.41, 5.74) is 3.57. The van der Waals surface area contributed by atoms with Crippen LogP contribution in [0.3, 0.4) is 0 Å². The first-order chi connectivity index (χ1) is 11.5. The van der Waals surface area contributed by atoms with E-state index in [2.05, 4.69) is 44.5 Å².